The van der Waals surface area contributed by atoms with E-state index in [1.807, 2.05) is 0 Å². The fourth-order valence-electron chi connectivity index (χ4n) is 10.9. The Morgan fingerprint density at radius 2 is 1.53 bits per heavy atom. The summed E-state index contributed by atoms with van der Waals surface area (Å²) >= 11 is 0. The van der Waals surface area contributed by atoms with Crippen LogP contribution in [0.4, 0.5) is 0 Å². The first-order chi connectivity index (χ1) is 16.5. The number of hydrogen-bond acceptors (Lipinski definition) is 5. The smallest absolute Gasteiger partial charge is 0.312 e. The monoisotopic (exact) mass is 502 g/mol. The van der Waals surface area contributed by atoms with Gasteiger partial charge in [0.15, 0.2) is 0 Å². The van der Waals surface area contributed by atoms with Crippen LogP contribution in [0.1, 0.15) is 99.8 Å². The third-order valence-electron chi connectivity index (χ3n) is 13.4. The number of aliphatic hydroxyl groups excluding tert-OH is 3. The molecule has 0 aromatic heterocycles. The molecule has 0 aromatic carbocycles. The first kappa shape index (κ1) is 26.7. The van der Waals surface area contributed by atoms with Gasteiger partial charge in [-0.05, 0) is 90.3 Å². The van der Waals surface area contributed by atoms with E-state index in [4.69, 9.17) is 4.74 Å². The molecule has 0 aliphatic heterocycles. The van der Waals surface area contributed by atoms with E-state index >= 15 is 0 Å². The highest BCUT2D eigenvalue weighted by Crippen LogP contribution is 2.75. The van der Waals surface area contributed by atoms with Crippen molar-refractivity contribution in [3.05, 3.63) is 11.6 Å². The summed E-state index contributed by atoms with van der Waals surface area (Å²) in [7, 11) is 1.49. The van der Waals surface area contributed by atoms with Gasteiger partial charge in [0.1, 0.15) is 0 Å². The molecule has 0 aromatic rings. The number of rotatable bonds is 1. The van der Waals surface area contributed by atoms with E-state index in [2.05, 4.69) is 54.5 Å². The van der Waals surface area contributed by atoms with Crippen molar-refractivity contribution in [3.8, 4) is 0 Å². The lowest BCUT2D eigenvalue weighted by molar-refractivity contribution is -0.235. The normalized spacial score (nSPS) is 53.1. The van der Waals surface area contributed by atoms with E-state index in [0.717, 1.165) is 44.9 Å². The number of methoxy groups -OCH3 is 1. The van der Waals surface area contributed by atoms with E-state index < -0.39 is 23.7 Å². The summed E-state index contributed by atoms with van der Waals surface area (Å²) in [6.07, 6.45) is 7.28. The van der Waals surface area contributed by atoms with Gasteiger partial charge in [-0.25, -0.2) is 0 Å². The standard InChI is InChI=1S/C31H50O5/c1-26(2)13-15-31(25(35)36-8)16-14-29(6)18(22(31)24(26)34)9-10-21-28(5)17-19(32)23(33)27(3,4)20(28)11-12-30(21,29)7/h9,19-24,32-34H,10-17H2,1-8H3/t19-,20+,21-,22-,23+,24+,28+,29-,30-,31+/m1/s1. The number of carbonyl (C=O) groups excluding carboxylic acids is 1. The average Bonchev–Trinajstić information content (AvgIpc) is 2.80. The Kier molecular flexibility index (Phi) is 5.80. The van der Waals surface area contributed by atoms with E-state index in [1.165, 1.54) is 12.7 Å². The third kappa shape index (κ3) is 3.03. The minimum absolute atomic E-state index is 0.00991. The van der Waals surface area contributed by atoms with Crippen molar-refractivity contribution in [1.29, 1.82) is 0 Å². The van der Waals surface area contributed by atoms with Crippen molar-refractivity contribution < 1.29 is 24.9 Å². The van der Waals surface area contributed by atoms with Crippen molar-refractivity contribution in [2.24, 2.45) is 50.2 Å². The maximum atomic E-state index is 13.4. The lowest BCUT2D eigenvalue weighted by Crippen LogP contribution is -2.68. The third-order valence-corrected chi connectivity index (χ3v) is 13.4. The Morgan fingerprint density at radius 1 is 0.889 bits per heavy atom. The highest BCUT2D eigenvalue weighted by Gasteiger charge is 2.71. The van der Waals surface area contributed by atoms with Crippen LogP contribution in [0.2, 0.25) is 0 Å². The van der Waals surface area contributed by atoms with Gasteiger partial charge in [-0.2, -0.15) is 0 Å². The molecule has 0 heterocycles. The van der Waals surface area contributed by atoms with Crippen LogP contribution in [-0.2, 0) is 9.53 Å². The molecule has 0 spiro atoms. The van der Waals surface area contributed by atoms with Crippen molar-refractivity contribution in [2.45, 2.75) is 118 Å². The number of ether oxygens (including phenoxy) is 1. The molecule has 5 nitrogen and oxygen atoms in total. The summed E-state index contributed by atoms with van der Waals surface area (Å²) in [6, 6.07) is 0. The minimum Gasteiger partial charge on any atom is -0.469 e. The maximum absolute atomic E-state index is 13.4. The quantitative estimate of drug-likeness (QED) is 0.336. The first-order valence-electron chi connectivity index (χ1n) is 14.4. The van der Waals surface area contributed by atoms with Crippen LogP contribution in [0.5, 0.6) is 0 Å². The summed E-state index contributed by atoms with van der Waals surface area (Å²) < 4.78 is 5.41. The van der Waals surface area contributed by atoms with Gasteiger partial charge in [-0.1, -0.05) is 60.1 Å². The fraction of sp³-hybridized carbons (Fsp3) is 0.903. The molecule has 0 bridgehead atoms. The molecule has 36 heavy (non-hydrogen) atoms. The number of fused-ring (bicyclic) bond motifs is 7. The Balaban J connectivity index is 1.63. The average molecular weight is 503 g/mol. The molecule has 3 N–H and O–H groups in total. The van der Waals surface area contributed by atoms with Gasteiger partial charge in [0.05, 0.1) is 30.8 Å². The summed E-state index contributed by atoms with van der Waals surface area (Å²) in [4.78, 5) is 13.4. The van der Waals surface area contributed by atoms with Crippen LogP contribution in [0, 0.1) is 50.2 Å². The summed E-state index contributed by atoms with van der Waals surface area (Å²) in [5.41, 5.74) is -0.176. The van der Waals surface area contributed by atoms with Crippen LogP contribution in [-0.4, -0.2) is 46.7 Å². The van der Waals surface area contributed by atoms with Gasteiger partial charge in [0.2, 0.25) is 0 Å². The summed E-state index contributed by atoms with van der Waals surface area (Å²) in [5.74, 6) is 0.348. The first-order valence-corrected chi connectivity index (χ1v) is 14.4. The largest absolute Gasteiger partial charge is 0.469 e. The van der Waals surface area contributed by atoms with Gasteiger partial charge in [-0.3, -0.25) is 4.79 Å². The molecule has 5 aliphatic rings. The highest BCUT2D eigenvalue weighted by molar-refractivity contribution is 5.79. The van der Waals surface area contributed by atoms with Crippen molar-refractivity contribution in [3.63, 3.8) is 0 Å². The summed E-state index contributed by atoms with van der Waals surface area (Å²) in [6.45, 7) is 15.8. The number of carbonyl (C=O) groups is 1. The molecule has 10 atom stereocenters. The van der Waals surface area contributed by atoms with Crippen molar-refractivity contribution in [1.82, 2.24) is 0 Å². The molecule has 4 fully saturated rings. The number of hydrogen-bond donors (Lipinski definition) is 3. The van der Waals surface area contributed by atoms with Crippen molar-refractivity contribution >= 4 is 5.97 Å². The topological polar surface area (TPSA) is 87.0 Å². The zero-order chi connectivity index (χ0) is 26.7. The Labute approximate surface area is 218 Å². The van der Waals surface area contributed by atoms with Crippen LogP contribution in [0.3, 0.4) is 0 Å². The van der Waals surface area contributed by atoms with Gasteiger partial charge >= 0.3 is 5.97 Å². The zero-order valence-corrected chi connectivity index (χ0v) is 23.9. The number of aliphatic hydroxyl groups is 3. The lowest BCUT2D eigenvalue weighted by Gasteiger charge is -2.71. The predicted molar refractivity (Wildman–Crippen MR) is 140 cm³/mol. The Bertz CT molecular complexity index is 968. The van der Waals surface area contributed by atoms with Gasteiger partial charge in [0, 0.05) is 5.92 Å². The Hall–Kier alpha value is -0.910. The predicted octanol–water partition coefficient (Wildman–Crippen LogP) is 5.26. The van der Waals surface area contributed by atoms with E-state index in [1.54, 1.807) is 0 Å². The fourth-order valence-corrected chi connectivity index (χ4v) is 10.9. The van der Waals surface area contributed by atoms with E-state index in [9.17, 15) is 20.1 Å². The Morgan fingerprint density at radius 3 is 2.17 bits per heavy atom. The second-order valence-corrected chi connectivity index (χ2v) is 15.4. The van der Waals surface area contributed by atoms with Gasteiger partial charge < -0.3 is 20.1 Å². The maximum Gasteiger partial charge on any atom is 0.312 e. The SMILES string of the molecule is COC(=O)[C@]12CCC(C)(C)[C@@H](O)[C@H]1C1=CC[C@@H]3[C@@]4(C)C[C@@H](O)[C@H](O)C(C)(C)[C@@H]4CC[C@@]3(C)[C@]1(C)CC2. The summed E-state index contributed by atoms with van der Waals surface area (Å²) in [5, 5.41) is 33.8. The van der Waals surface area contributed by atoms with E-state index in [-0.39, 0.29) is 39.0 Å². The molecule has 5 heteroatoms. The molecule has 204 valence electrons. The second-order valence-electron chi connectivity index (χ2n) is 15.4. The van der Waals surface area contributed by atoms with Crippen LogP contribution in [0.25, 0.3) is 0 Å². The second kappa shape index (κ2) is 7.82. The highest BCUT2D eigenvalue weighted by atomic mass is 16.5. The van der Waals surface area contributed by atoms with Crippen LogP contribution in [0.15, 0.2) is 11.6 Å². The van der Waals surface area contributed by atoms with Gasteiger partial charge in [0.25, 0.3) is 0 Å². The molecule has 5 rings (SSSR count). The molecular formula is C31H50O5. The molecule has 0 radical (unpaired) electrons. The number of allylic oxidation sites excluding steroid dienone is 1. The molecular weight excluding hydrogens is 452 g/mol. The molecule has 0 saturated heterocycles. The van der Waals surface area contributed by atoms with E-state index in [0.29, 0.717) is 18.3 Å². The minimum atomic E-state index is -0.707. The number of esters is 1. The molecule has 0 unspecified atom stereocenters. The molecule has 5 aliphatic carbocycles. The molecule has 4 saturated carbocycles. The van der Waals surface area contributed by atoms with Crippen molar-refractivity contribution in [2.75, 3.05) is 7.11 Å². The zero-order valence-electron chi connectivity index (χ0n) is 23.9. The van der Waals surface area contributed by atoms with Gasteiger partial charge in [-0.15, -0.1) is 0 Å². The lowest BCUT2D eigenvalue weighted by atomic mass is 9.33. The van der Waals surface area contributed by atoms with Crippen LogP contribution >= 0.6 is 0 Å². The molecule has 0 amide bonds. The van der Waals surface area contributed by atoms with Crippen LogP contribution < -0.4 is 0 Å².